The predicted octanol–water partition coefficient (Wildman–Crippen LogP) is 2.98. The molecule has 110 valence electrons. The molecule has 1 aliphatic rings. The summed E-state index contributed by atoms with van der Waals surface area (Å²) in [6.07, 6.45) is 4.91. The Morgan fingerprint density at radius 2 is 2.10 bits per heavy atom. The van der Waals surface area contributed by atoms with Crippen molar-refractivity contribution in [1.29, 1.82) is 0 Å². The molecule has 3 N–H and O–H groups in total. The van der Waals surface area contributed by atoms with Gasteiger partial charge in [0.15, 0.2) is 0 Å². The van der Waals surface area contributed by atoms with Gasteiger partial charge in [0.2, 0.25) is 0 Å². The lowest BCUT2D eigenvalue weighted by atomic mass is 9.89. The third-order valence-corrected chi connectivity index (χ3v) is 3.86. The molecule has 0 amide bonds. The van der Waals surface area contributed by atoms with Gasteiger partial charge in [0.1, 0.15) is 5.69 Å². The number of rotatable bonds is 5. The van der Waals surface area contributed by atoms with E-state index < -0.39 is 4.92 Å². The summed E-state index contributed by atoms with van der Waals surface area (Å²) in [5.41, 5.74) is 3.54. The molecule has 0 aromatic heterocycles. The van der Waals surface area contributed by atoms with Gasteiger partial charge in [0.05, 0.1) is 17.6 Å². The molecule has 0 radical (unpaired) electrons. The maximum absolute atomic E-state index is 10.8. The van der Waals surface area contributed by atoms with E-state index in [0.717, 1.165) is 24.3 Å². The fraction of sp³-hybridized carbons (Fsp3) is 0.571. The van der Waals surface area contributed by atoms with Crippen LogP contribution >= 0.6 is 0 Å². The van der Waals surface area contributed by atoms with E-state index in [1.165, 1.54) is 18.9 Å². The van der Waals surface area contributed by atoms with Crippen molar-refractivity contribution in [1.82, 2.24) is 0 Å². The van der Waals surface area contributed by atoms with E-state index in [9.17, 15) is 10.1 Å². The summed E-state index contributed by atoms with van der Waals surface area (Å²) in [5.74, 6) is 6.11. The van der Waals surface area contributed by atoms with Crippen molar-refractivity contribution >= 4 is 11.4 Å². The number of benzene rings is 1. The Balaban J connectivity index is 1.94. The maximum atomic E-state index is 10.8. The van der Waals surface area contributed by atoms with Crippen LogP contribution in [0.25, 0.3) is 0 Å². The van der Waals surface area contributed by atoms with Gasteiger partial charge in [-0.1, -0.05) is 6.92 Å². The highest BCUT2D eigenvalue weighted by Gasteiger charge is 2.19. The van der Waals surface area contributed by atoms with Crippen molar-refractivity contribution in [3.05, 3.63) is 33.9 Å². The molecule has 20 heavy (non-hydrogen) atoms. The average molecular weight is 279 g/mol. The lowest BCUT2D eigenvalue weighted by molar-refractivity contribution is -0.384. The summed E-state index contributed by atoms with van der Waals surface area (Å²) in [6.45, 7) is 2.73. The highest BCUT2D eigenvalue weighted by Crippen LogP contribution is 2.28. The Morgan fingerprint density at radius 1 is 1.40 bits per heavy atom. The summed E-state index contributed by atoms with van der Waals surface area (Å²) in [4.78, 5) is 10.4. The smallest absolute Gasteiger partial charge is 0.293 e. The van der Waals surface area contributed by atoms with Crippen molar-refractivity contribution in [3.8, 4) is 0 Å². The molecule has 0 saturated heterocycles. The molecule has 1 fully saturated rings. The van der Waals surface area contributed by atoms with Crippen molar-refractivity contribution in [2.45, 2.75) is 45.3 Å². The van der Waals surface area contributed by atoms with E-state index in [0.29, 0.717) is 18.4 Å². The summed E-state index contributed by atoms with van der Waals surface area (Å²) in [7, 11) is 0. The number of nitro groups is 1. The molecule has 0 aliphatic heterocycles. The van der Waals surface area contributed by atoms with Gasteiger partial charge in [0, 0.05) is 6.07 Å². The normalized spacial score (nSPS) is 22.5. The minimum atomic E-state index is -0.456. The monoisotopic (exact) mass is 279 g/mol. The molecular formula is C14H21N3O3. The van der Waals surface area contributed by atoms with Gasteiger partial charge in [-0.25, -0.2) is 0 Å². The first kappa shape index (κ1) is 14.7. The first-order chi connectivity index (χ1) is 9.60. The average Bonchev–Trinajstić information content (AvgIpc) is 2.46. The van der Waals surface area contributed by atoms with Crippen LogP contribution in [0.4, 0.5) is 11.4 Å². The SMILES string of the molecule is CC1CCC(OCc2ccc([N+](=O)[O-])c(NN)c2)CC1. The van der Waals surface area contributed by atoms with Crippen LogP contribution in [0.5, 0.6) is 0 Å². The minimum Gasteiger partial charge on any atom is -0.374 e. The van der Waals surface area contributed by atoms with Crippen LogP contribution in [-0.4, -0.2) is 11.0 Å². The second kappa shape index (κ2) is 6.67. The van der Waals surface area contributed by atoms with E-state index in [2.05, 4.69) is 12.3 Å². The second-order valence-electron chi connectivity index (χ2n) is 5.45. The van der Waals surface area contributed by atoms with Crippen LogP contribution in [0.3, 0.4) is 0 Å². The predicted molar refractivity (Wildman–Crippen MR) is 77.1 cm³/mol. The van der Waals surface area contributed by atoms with Gasteiger partial charge in [-0.2, -0.15) is 0 Å². The molecule has 0 spiro atoms. The van der Waals surface area contributed by atoms with Crippen LogP contribution in [0.15, 0.2) is 18.2 Å². The topological polar surface area (TPSA) is 90.4 Å². The highest BCUT2D eigenvalue weighted by molar-refractivity contribution is 5.61. The Hall–Kier alpha value is -1.66. The van der Waals surface area contributed by atoms with Crippen molar-refractivity contribution in [2.75, 3.05) is 5.43 Å². The van der Waals surface area contributed by atoms with Gasteiger partial charge >= 0.3 is 0 Å². The summed E-state index contributed by atoms with van der Waals surface area (Å²) in [5, 5.41) is 10.8. The van der Waals surface area contributed by atoms with Gasteiger partial charge < -0.3 is 10.2 Å². The van der Waals surface area contributed by atoms with E-state index >= 15 is 0 Å². The van der Waals surface area contributed by atoms with E-state index in [1.807, 2.05) is 0 Å². The lowest BCUT2D eigenvalue weighted by Gasteiger charge is -2.26. The largest absolute Gasteiger partial charge is 0.374 e. The maximum Gasteiger partial charge on any atom is 0.293 e. The van der Waals surface area contributed by atoms with Crippen LogP contribution in [0.2, 0.25) is 0 Å². The number of nitrogens with two attached hydrogens (primary N) is 1. The molecule has 1 aliphatic carbocycles. The first-order valence-electron chi connectivity index (χ1n) is 6.95. The molecule has 1 aromatic carbocycles. The number of nitrogens with zero attached hydrogens (tertiary/aromatic N) is 1. The van der Waals surface area contributed by atoms with Gasteiger partial charge in [0.25, 0.3) is 5.69 Å². The fourth-order valence-corrected chi connectivity index (χ4v) is 2.56. The molecule has 6 heteroatoms. The molecule has 0 bridgehead atoms. The van der Waals surface area contributed by atoms with Crippen LogP contribution in [0.1, 0.15) is 38.2 Å². The Kier molecular flexibility index (Phi) is 4.92. The van der Waals surface area contributed by atoms with Crippen LogP contribution in [-0.2, 0) is 11.3 Å². The number of nitrogen functional groups attached to an aromatic ring is 1. The van der Waals surface area contributed by atoms with Crippen molar-refractivity contribution < 1.29 is 9.66 Å². The number of anilines is 1. The van der Waals surface area contributed by atoms with Crippen molar-refractivity contribution in [3.63, 3.8) is 0 Å². The number of ether oxygens (including phenoxy) is 1. The van der Waals surface area contributed by atoms with Crippen LogP contribution in [0, 0.1) is 16.0 Å². The zero-order valence-electron chi connectivity index (χ0n) is 11.7. The van der Waals surface area contributed by atoms with Gasteiger partial charge in [-0.3, -0.25) is 16.0 Å². The zero-order chi connectivity index (χ0) is 14.5. The Morgan fingerprint density at radius 3 is 2.70 bits per heavy atom. The zero-order valence-corrected chi connectivity index (χ0v) is 11.7. The number of hydrogen-bond acceptors (Lipinski definition) is 5. The molecule has 2 rings (SSSR count). The van der Waals surface area contributed by atoms with Crippen LogP contribution < -0.4 is 11.3 Å². The third kappa shape index (κ3) is 3.68. The van der Waals surface area contributed by atoms with Crippen molar-refractivity contribution in [2.24, 2.45) is 11.8 Å². The molecule has 6 nitrogen and oxygen atoms in total. The van der Waals surface area contributed by atoms with E-state index in [1.54, 1.807) is 12.1 Å². The van der Waals surface area contributed by atoms with E-state index in [-0.39, 0.29) is 5.69 Å². The lowest BCUT2D eigenvalue weighted by Crippen LogP contribution is -2.20. The standard InChI is InChI=1S/C14H21N3O3/c1-10-2-5-12(6-3-10)20-9-11-4-7-14(17(18)19)13(8-11)16-15/h4,7-8,10,12,16H,2-3,5-6,9,15H2,1H3. The van der Waals surface area contributed by atoms with E-state index in [4.69, 9.17) is 10.6 Å². The molecular weight excluding hydrogens is 258 g/mol. The number of hydrogen-bond donors (Lipinski definition) is 2. The first-order valence-corrected chi connectivity index (χ1v) is 6.95. The molecule has 1 aromatic rings. The Labute approximate surface area is 118 Å². The fourth-order valence-electron chi connectivity index (χ4n) is 2.56. The van der Waals surface area contributed by atoms with Gasteiger partial charge in [-0.15, -0.1) is 0 Å². The van der Waals surface area contributed by atoms with Gasteiger partial charge in [-0.05, 0) is 49.3 Å². The summed E-state index contributed by atoms with van der Waals surface area (Å²) >= 11 is 0. The molecule has 0 atom stereocenters. The number of hydrazine groups is 1. The third-order valence-electron chi connectivity index (χ3n) is 3.86. The molecule has 1 saturated carbocycles. The molecule has 0 unspecified atom stereocenters. The summed E-state index contributed by atoms with van der Waals surface area (Å²) < 4.78 is 5.88. The summed E-state index contributed by atoms with van der Waals surface area (Å²) in [6, 6.07) is 4.84. The molecule has 0 heterocycles. The number of nitro benzene ring substituents is 1. The Bertz CT molecular complexity index is 471. The minimum absolute atomic E-state index is 0.0252. The highest BCUT2D eigenvalue weighted by atomic mass is 16.6. The second-order valence-corrected chi connectivity index (χ2v) is 5.45. The quantitative estimate of drug-likeness (QED) is 0.491. The number of nitrogens with one attached hydrogen (secondary N) is 1.